The third kappa shape index (κ3) is 2.40. The van der Waals surface area contributed by atoms with Gasteiger partial charge in [0, 0.05) is 10.7 Å². The van der Waals surface area contributed by atoms with Gasteiger partial charge in [0.05, 0.1) is 7.11 Å². The first kappa shape index (κ1) is 13.1. The molecule has 1 atom stereocenters. The van der Waals surface area contributed by atoms with E-state index in [1.807, 2.05) is 25.1 Å². The number of benzene rings is 1. The molecule has 1 aromatic heterocycles. The molecule has 2 rings (SSSR count). The number of pyridine rings is 1. The van der Waals surface area contributed by atoms with Crippen molar-refractivity contribution in [3.05, 3.63) is 57.8 Å². The van der Waals surface area contributed by atoms with Gasteiger partial charge >= 0.3 is 0 Å². The SMILES string of the molecule is COc1cccnc1C(O)c1cccc(Br)c1C. The van der Waals surface area contributed by atoms with Crippen LogP contribution in [-0.2, 0) is 0 Å². The topological polar surface area (TPSA) is 42.4 Å². The predicted octanol–water partition coefficient (Wildman–Crippen LogP) is 3.24. The van der Waals surface area contributed by atoms with Crippen molar-refractivity contribution < 1.29 is 9.84 Å². The Morgan fingerprint density at radius 1 is 1.28 bits per heavy atom. The smallest absolute Gasteiger partial charge is 0.143 e. The summed E-state index contributed by atoms with van der Waals surface area (Å²) in [5.74, 6) is 0.587. The zero-order valence-corrected chi connectivity index (χ0v) is 11.8. The molecule has 94 valence electrons. The second-order valence-corrected chi connectivity index (χ2v) is 4.80. The van der Waals surface area contributed by atoms with Crippen molar-refractivity contribution >= 4 is 15.9 Å². The number of ether oxygens (including phenoxy) is 1. The fraction of sp³-hybridized carbons (Fsp3) is 0.214. The van der Waals surface area contributed by atoms with Crippen molar-refractivity contribution in [3.63, 3.8) is 0 Å². The third-order valence-electron chi connectivity index (χ3n) is 2.88. The number of hydrogen-bond donors (Lipinski definition) is 1. The summed E-state index contributed by atoms with van der Waals surface area (Å²) < 4.78 is 6.19. The van der Waals surface area contributed by atoms with Crippen LogP contribution in [0.3, 0.4) is 0 Å². The lowest BCUT2D eigenvalue weighted by molar-refractivity contribution is 0.208. The van der Waals surface area contributed by atoms with E-state index in [4.69, 9.17) is 4.74 Å². The van der Waals surface area contributed by atoms with E-state index in [0.717, 1.165) is 15.6 Å². The van der Waals surface area contributed by atoms with Crippen LogP contribution in [0.2, 0.25) is 0 Å². The van der Waals surface area contributed by atoms with Gasteiger partial charge < -0.3 is 9.84 Å². The summed E-state index contributed by atoms with van der Waals surface area (Å²) in [6.45, 7) is 1.96. The Kier molecular flexibility index (Phi) is 3.99. The number of halogens is 1. The average Bonchev–Trinajstić information content (AvgIpc) is 2.41. The fourth-order valence-electron chi connectivity index (χ4n) is 1.85. The molecule has 0 radical (unpaired) electrons. The number of aromatic nitrogens is 1. The summed E-state index contributed by atoms with van der Waals surface area (Å²) in [5, 5.41) is 10.4. The molecule has 1 aromatic carbocycles. The van der Waals surface area contributed by atoms with E-state index in [-0.39, 0.29) is 0 Å². The van der Waals surface area contributed by atoms with Gasteiger partial charge in [0.2, 0.25) is 0 Å². The highest BCUT2D eigenvalue weighted by atomic mass is 79.9. The second-order valence-electron chi connectivity index (χ2n) is 3.95. The molecule has 0 spiro atoms. The molecular formula is C14H14BrNO2. The van der Waals surface area contributed by atoms with E-state index in [2.05, 4.69) is 20.9 Å². The molecular weight excluding hydrogens is 294 g/mol. The van der Waals surface area contributed by atoms with Crippen LogP contribution >= 0.6 is 15.9 Å². The summed E-state index contributed by atoms with van der Waals surface area (Å²) in [5.41, 5.74) is 2.35. The molecule has 1 N–H and O–H groups in total. The molecule has 0 saturated carbocycles. The zero-order chi connectivity index (χ0) is 13.1. The Bertz CT molecular complexity index is 557. The first-order valence-corrected chi connectivity index (χ1v) is 6.36. The van der Waals surface area contributed by atoms with Crippen LogP contribution in [0.15, 0.2) is 41.0 Å². The molecule has 1 unspecified atom stereocenters. The predicted molar refractivity (Wildman–Crippen MR) is 73.7 cm³/mol. The summed E-state index contributed by atoms with van der Waals surface area (Å²) in [6.07, 6.45) is 0.854. The molecule has 0 aliphatic carbocycles. The molecule has 4 heteroatoms. The number of methoxy groups -OCH3 is 1. The molecule has 2 aromatic rings. The van der Waals surface area contributed by atoms with Crippen molar-refractivity contribution in [1.29, 1.82) is 0 Å². The molecule has 0 aliphatic heterocycles. The van der Waals surface area contributed by atoms with Gasteiger partial charge in [-0.15, -0.1) is 0 Å². The molecule has 0 aliphatic rings. The third-order valence-corrected chi connectivity index (χ3v) is 3.74. The van der Waals surface area contributed by atoms with Gasteiger partial charge in [-0.1, -0.05) is 28.1 Å². The summed E-state index contributed by atoms with van der Waals surface area (Å²) in [7, 11) is 1.57. The normalized spacial score (nSPS) is 12.2. The molecule has 1 heterocycles. The first-order valence-electron chi connectivity index (χ1n) is 5.57. The second kappa shape index (κ2) is 5.50. The number of nitrogens with zero attached hydrogens (tertiary/aromatic N) is 1. The van der Waals surface area contributed by atoms with Crippen LogP contribution in [0.4, 0.5) is 0 Å². The van der Waals surface area contributed by atoms with E-state index < -0.39 is 6.10 Å². The van der Waals surface area contributed by atoms with Gasteiger partial charge in [0.15, 0.2) is 0 Å². The zero-order valence-electron chi connectivity index (χ0n) is 10.2. The van der Waals surface area contributed by atoms with Crippen LogP contribution in [0.25, 0.3) is 0 Å². The van der Waals surface area contributed by atoms with Crippen molar-refractivity contribution in [2.75, 3.05) is 7.11 Å². The van der Waals surface area contributed by atoms with E-state index >= 15 is 0 Å². The lowest BCUT2D eigenvalue weighted by Gasteiger charge is -2.16. The van der Waals surface area contributed by atoms with Crippen LogP contribution in [-0.4, -0.2) is 17.2 Å². The highest BCUT2D eigenvalue weighted by molar-refractivity contribution is 9.10. The number of aliphatic hydroxyl groups is 1. The monoisotopic (exact) mass is 307 g/mol. The van der Waals surface area contributed by atoms with Crippen LogP contribution in [0.1, 0.15) is 22.9 Å². The van der Waals surface area contributed by atoms with E-state index in [1.54, 1.807) is 25.4 Å². The maximum Gasteiger partial charge on any atom is 0.143 e. The Hall–Kier alpha value is -1.39. The molecule has 0 saturated heterocycles. The van der Waals surface area contributed by atoms with Crippen LogP contribution in [0, 0.1) is 6.92 Å². The highest BCUT2D eigenvalue weighted by Crippen LogP contribution is 2.31. The Morgan fingerprint density at radius 2 is 2.06 bits per heavy atom. The number of aliphatic hydroxyl groups excluding tert-OH is 1. The van der Waals surface area contributed by atoms with Crippen LogP contribution < -0.4 is 4.74 Å². The number of hydrogen-bond acceptors (Lipinski definition) is 3. The minimum atomic E-state index is -0.793. The van der Waals surface area contributed by atoms with E-state index in [9.17, 15) is 5.11 Å². The van der Waals surface area contributed by atoms with Gasteiger partial charge in [-0.2, -0.15) is 0 Å². The minimum Gasteiger partial charge on any atom is -0.495 e. The molecule has 0 fully saturated rings. The standard InChI is InChI=1S/C14H14BrNO2/c1-9-10(5-3-6-11(9)15)14(17)13-12(18-2)7-4-8-16-13/h3-8,14,17H,1-2H3. The maximum absolute atomic E-state index is 10.4. The molecule has 18 heavy (non-hydrogen) atoms. The minimum absolute atomic E-state index is 0.529. The van der Waals surface area contributed by atoms with Crippen LogP contribution in [0.5, 0.6) is 5.75 Å². The van der Waals surface area contributed by atoms with Gasteiger partial charge in [0.1, 0.15) is 17.5 Å². The maximum atomic E-state index is 10.4. The molecule has 0 bridgehead atoms. The Labute approximate surface area is 115 Å². The lowest BCUT2D eigenvalue weighted by atomic mass is 10.0. The quantitative estimate of drug-likeness (QED) is 0.946. The first-order chi connectivity index (χ1) is 8.65. The van der Waals surface area contributed by atoms with Crippen molar-refractivity contribution in [2.24, 2.45) is 0 Å². The van der Waals surface area contributed by atoms with Gasteiger partial charge in [0.25, 0.3) is 0 Å². The van der Waals surface area contributed by atoms with Gasteiger partial charge in [-0.3, -0.25) is 4.98 Å². The van der Waals surface area contributed by atoms with Crippen molar-refractivity contribution in [3.8, 4) is 5.75 Å². The summed E-state index contributed by atoms with van der Waals surface area (Å²) >= 11 is 3.46. The molecule has 0 amide bonds. The van der Waals surface area contributed by atoms with E-state index in [0.29, 0.717) is 11.4 Å². The number of rotatable bonds is 3. The Morgan fingerprint density at radius 3 is 2.78 bits per heavy atom. The Balaban J connectivity index is 2.48. The summed E-state index contributed by atoms with van der Waals surface area (Å²) in [4.78, 5) is 4.21. The van der Waals surface area contributed by atoms with Crippen molar-refractivity contribution in [2.45, 2.75) is 13.0 Å². The van der Waals surface area contributed by atoms with Crippen molar-refractivity contribution in [1.82, 2.24) is 4.98 Å². The molecule has 3 nitrogen and oxygen atoms in total. The average molecular weight is 308 g/mol. The van der Waals surface area contributed by atoms with E-state index in [1.165, 1.54) is 0 Å². The highest BCUT2D eigenvalue weighted by Gasteiger charge is 2.19. The largest absolute Gasteiger partial charge is 0.495 e. The fourth-order valence-corrected chi connectivity index (χ4v) is 2.23. The van der Waals surface area contributed by atoms with Gasteiger partial charge in [-0.05, 0) is 36.2 Å². The lowest BCUT2D eigenvalue weighted by Crippen LogP contribution is -2.06. The summed E-state index contributed by atoms with van der Waals surface area (Å²) in [6, 6.07) is 9.30. The van der Waals surface area contributed by atoms with Gasteiger partial charge in [-0.25, -0.2) is 0 Å².